The van der Waals surface area contributed by atoms with Gasteiger partial charge in [-0.25, -0.2) is 4.98 Å². The third-order valence-corrected chi connectivity index (χ3v) is 4.13. The summed E-state index contributed by atoms with van der Waals surface area (Å²) in [6, 6.07) is 0. The van der Waals surface area contributed by atoms with Crippen molar-refractivity contribution in [2.24, 2.45) is 18.9 Å². The Morgan fingerprint density at radius 1 is 1.55 bits per heavy atom. The molecule has 0 radical (unpaired) electrons. The lowest BCUT2D eigenvalue weighted by molar-refractivity contribution is 0.257. The second kappa shape index (κ2) is 5.75. The lowest BCUT2D eigenvalue weighted by atomic mass is 9.85. The summed E-state index contributed by atoms with van der Waals surface area (Å²) >= 11 is 0. The maximum absolute atomic E-state index is 5.37. The Balaban J connectivity index is 1.66. The second-order valence-electron chi connectivity index (χ2n) is 5.66. The SMILES string of the molecule is CC(Cc1nc(-c2nccn2C)no1)C1CCCNC1. The molecule has 1 saturated heterocycles. The standard InChI is InChI=1S/C14H21N5O/c1-10(11-4-3-5-15-9-11)8-12-17-13(18-20-12)14-16-6-7-19(14)2/h6-7,10-11,15H,3-5,8-9H2,1-2H3. The van der Waals surface area contributed by atoms with Crippen molar-refractivity contribution in [1.82, 2.24) is 25.0 Å². The van der Waals surface area contributed by atoms with E-state index in [2.05, 4.69) is 27.4 Å². The van der Waals surface area contributed by atoms with Crippen molar-refractivity contribution in [3.63, 3.8) is 0 Å². The summed E-state index contributed by atoms with van der Waals surface area (Å²) in [4.78, 5) is 8.70. The van der Waals surface area contributed by atoms with Gasteiger partial charge in [0.2, 0.25) is 11.7 Å². The van der Waals surface area contributed by atoms with Crippen molar-refractivity contribution in [3.8, 4) is 11.6 Å². The highest BCUT2D eigenvalue weighted by atomic mass is 16.5. The minimum atomic E-state index is 0.553. The van der Waals surface area contributed by atoms with Gasteiger partial charge in [-0.05, 0) is 37.8 Å². The fourth-order valence-electron chi connectivity index (χ4n) is 2.82. The average molecular weight is 275 g/mol. The van der Waals surface area contributed by atoms with Gasteiger partial charge in [0.1, 0.15) is 0 Å². The molecule has 3 heterocycles. The van der Waals surface area contributed by atoms with E-state index in [0.717, 1.165) is 25.3 Å². The molecule has 1 N–H and O–H groups in total. The van der Waals surface area contributed by atoms with Crippen molar-refractivity contribution in [2.75, 3.05) is 13.1 Å². The third kappa shape index (κ3) is 2.75. The molecule has 0 amide bonds. The Labute approximate surface area is 118 Å². The molecule has 2 atom stereocenters. The molecule has 0 bridgehead atoms. The zero-order chi connectivity index (χ0) is 13.9. The molecule has 6 heteroatoms. The Morgan fingerprint density at radius 2 is 2.45 bits per heavy atom. The number of nitrogens with one attached hydrogen (secondary N) is 1. The number of rotatable bonds is 4. The fourth-order valence-corrected chi connectivity index (χ4v) is 2.82. The lowest BCUT2D eigenvalue weighted by Gasteiger charge is -2.27. The molecule has 2 unspecified atom stereocenters. The van der Waals surface area contributed by atoms with Crippen LogP contribution in [0.4, 0.5) is 0 Å². The normalized spacial score (nSPS) is 21.0. The Hall–Kier alpha value is -1.69. The molecular formula is C14H21N5O. The Morgan fingerprint density at radius 3 is 3.15 bits per heavy atom. The average Bonchev–Trinajstić information content (AvgIpc) is 3.08. The van der Waals surface area contributed by atoms with Gasteiger partial charge >= 0.3 is 0 Å². The fraction of sp³-hybridized carbons (Fsp3) is 0.643. The van der Waals surface area contributed by atoms with Crippen LogP contribution < -0.4 is 5.32 Å². The summed E-state index contributed by atoms with van der Waals surface area (Å²) in [6.45, 7) is 4.51. The first-order valence-corrected chi connectivity index (χ1v) is 7.25. The van der Waals surface area contributed by atoms with Gasteiger partial charge in [-0.15, -0.1) is 0 Å². The van der Waals surface area contributed by atoms with E-state index in [4.69, 9.17) is 4.52 Å². The highest BCUT2D eigenvalue weighted by molar-refractivity contribution is 5.42. The molecule has 3 rings (SSSR count). The number of aromatic nitrogens is 4. The van der Waals surface area contributed by atoms with E-state index in [1.807, 2.05) is 17.8 Å². The summed E-state index contributed by atoms with van der Waals surface area (Å²) in [7, 11) is 1.93. The van der Waals surface area contributed by atoms with Crippen molar-refractivity contribution in [3.05, 3.63) is 18.3 Å². The maximum Gasteiger partial charge on any atom is 0.238 e. The maximum atomic E-state index is 5.37. The first-order chi connectivity index (χ1) is 9.74. The first kappa shape index (κ1) is 13.3. The molecule has 6 nitrogen and oxygen atoms in total. The van der Waals surface area contributed by atoms with E-state index >= 15 is 0 Å². The van der Waals surface area contributed by atoms with Gasteiger partial charge in [-0.2, -0.15) is 4.98 Å². The predicted molar refractivity (Wildman–Crippen MR) is 75.0 cm³/mol. The van der Waals surface area contributed by atoms with E-state index < -0.39 is 0 Å². The zero-order valence-corrected chi connectivity index (χ0v) is 12.0. The van der Waals surface area contributed by atoms with Crippen LogP contribution in [0.1, 0.15) is 25.7 Å². The van der Waals surface area contributed by atoms with Crippen LogP contribution in [0, 0.1) is 11.8 Å². The molecule has 1 aliphatic heterocycles. The van der Waals surface area contributed by atoms with E-state index in [1.165, 1.54) is 12.8 Å². The lowest BCUT2D eigenvalue weighted by Crippen LogP contribution is -2.33. The van der Waals surface area contributed by atoms with Crippen LogP contribution in [0.15, 0.2) is 16.9 Å². The van der Waals surface area contributed by atoms with Gasteiger partial charge in [0, 0.05) is 25.9 Å². The largest absolute Gasteiger partial charge is 0.339 e. The van der Waals surface area contributed by atoms with Crippen molar-refractivity contribution in [2.45, 2.75) is 26.2 Å². The van der Waals surface area contributed by atoms with Crippen LogP contribution in [0.3, 0.4) is 0 Å². The number of piperidine rings is 1. The third-order valence-electron chi connectivity index (χ3n) is 4.13. The van der Waals surface area contributed by atoms with Crippen LogP contribution in [-0.4, -0.2) is 32.8 Å². The van der Waals surface area contributed by atoms with Crippen LogP contribution in [0.2, 0.25) is 0 Å². The minimum Gasteiger partial charge on any atom is -0.339 e. The molecule has 108 valence electrons. The van der Waals surface area contributed by atoms with E-state index in [9.17, 15) is 0 Å². The number of hydrogen-bond acceptors (Lipinski definition) is 5. The number of aryl methyl sites for hydroxylation is 1. The van der Waals surface area contributed by atoms with Crippen molar-refractivity contribution < 1.29 is 4.52 Å². The molecule has 2 aromatic rings. The van der Waals surface area contributed by atoms with Gasteiger partial charge in [-0.3, -0.25) is 0 Å². The molecule has 1 aliphatic rings. The molecule has 0 aromatic carbocycles. The highest BCUT2D eigenvalue weighted by Gasteiger charge is 2.22. The summed E-state index contributed by atoms with van der Waals surface area (Å²) in [5.74, 6) is 3.28. The zero-order valence-electron chi connectivity index (χ0n) is 12.0. The molecule has 1 fully saturated rings. The second-order valence-corrected chi connectivity index (χ2v) is 5.66. The predicted octanol–water partition coefficient (Wildman–Crippen LogP) is 1.65. The molecule has 0 spiro atoms. The Kier molecular flexibility index (Phi) is 3.82. The smallest absolute Gasteiger partial charge is 0.238 e. The summed E-state index contributed by atoms with van der Waals surface area (Å²) in [5, 5.41) is 7.49. The van der Waals surface area contributed by atoms with E-state index in [-0.39, 0.29) is 0 Å². The Bertz CT molecular complexity index is 555. The highest BCUT2D eigenvalue weighted by Crippen LogP contribution is 2.23. The van der Waals surface area contributed by atoms with Gasteiger partial charge < -0.3 is 14.4 Å². The van der Waals surface area contributed by atoms with Gasteiger partial charge in [0.15, 0.2) is 5.82 Å². The number of hydrogen-bond donors (Lipinski definition) is 1. The minimum absolute atomic E-state index is 0.553. The monoisotopic (exact) mass is 275 g/mol. The van der Waals surface area contributed by atoms with Crippen LogP contribution in [0.25, 0.3) is 11.6 Å². The van der Waals surface area contributed by atoms with Crippen LogP contribution in [0.5, 0.6) is 0 Å². The molecule has 0 saturated carbocycles. The summed E-state index contributed by atoms with van der Waals surface area (Å²) < 4.78 is 7.26. The van der Waals surface area contributed by atoms with Crippen molar-refractivity contribution >= 4 is 0 Å². The van der Waals surface area contributed by atoms with E-state index in [0.29, 0.717) is 23.6 Å². The summed E-state index contributed by atoms with van der Waals surface area (Å²) in [5.41, 5.74) is 0. The number of imidazole rings is 1. The van der Waals surface area contributed by atoms with Crippen LogP contribution >= 0.6 is 0 Å². The molecule has 2 aromatic heterocycles. The van der Waals surface area contributed by atoms with Gasteiger partial charge in [-0.1, -0.05) is 12.1 Å². The topological polar surface area (TPSA) is 68.8 Å². The van der Waals surface area contributed by atoms with E-state index in [1.54, 1.807) is 6.20 Å². The van der Waals surface area contributed by atoms with Crippen molar-refractivity contribution in [1.29, 1.82) is 0 Å². The molecule has 20 heavy (non-hydrogen) atoms. The first-order valence-electron chi connectivity index (χ1n) is 7.25. The molecule has 0 aliphatic carbocycles. The number of nitrogens with zero attached hydrogens (tertiary/aromatic N) is 4. The van der Waals surface area contributed by atoms with Crippen LogP contribution in [-0.2, 0) is 13.5 Å². The van der Waals surface area contributed by atoms with Gasteiger partial charge in [0.25, 0.3) is 0 Å². The quantitative estimate of drug-likeness (QED) is 0.918. The molecular weight excluding hydrogens is 254 g/mol. The van der Waals surface area contributed by atoms with Gasteiger partial charge in [0.05, 0.1) is 0 Å². The summed E-state index contributed by atoms with van der Waals surface area (Å²) in [6.07, 6.45) is 7.00.